The molecule has 6 nitrogen and oxygen atoms in total. The summed E-state index contributed by atoms with van der Waals surface area (Å²) in [5.41, 5.74) is 2.48. The SMILES string of the molecule is CN(Cc1ccsc1)C(=O)c1ccc(CN2C(=O)CNC2=O)cc1. The van der Waals surface area contributed by atoms with Gasteiger partial charge in [-0.05, 0) is 40.1 Å². The lowest BCUT2D eigenvalue weighted by atomic mass is 10.1. The zero-order valence-electron chi connectivity index (χ0n) is 13.2. The molecule has 0 atom stereocenters. The van der Waals surface area contributed by atoms with E-state index in [0.29, 0.717) is 12.1 Å². The fourth-order valence-electron chi connectivity index (χ4n) is 2.50. The molecule has 1 N–H and O–H groups in total. The molecule has 1 fully saturated rings. The minimum Gasteiger partial charge on any atom is -0.337 e. The van der Waals surface area contributed by atoms with Crippen molar-refractivity contribution in [1.82, 2.24) is 15.1 Å². The topological polar surface area (TPSA) is 69.7 Å². The average molecular weight is 343 g/mol. The Bertz CT molecular complexity index is 740. The molecule has 24 heavy (non-hydrogen) atoms. The monoisotopic (exact) mass is 343 g/mol. The number of imide groups is 1. The van der Waals surface area contributed by atoms with Gasteiger partial charge in [0.05, 0.1) is 13.1 Å². The molecule has 1 aliphatic rings. The van der Waals surface area contributed by atoms with Crippen LogP contribution in [0, 0.1) is 0 Å². The minimum absolute atomic E-state index is 0.0444. The standard InChI is InChI=1S/C17H17N3O3S/c1-19(9-13-6-7-24-11-13)16(22)14-4-2-12(3-5-14)10-20-15(21)8-18-17(20)23/h2-7,11H,8-10H2,1H3,(H,18,23). The van der Waals surface area contributed by atoms with E-state index < -0.39 is 0 Å². The molecular formula is C17H17N3O3S. The Morgan fingerprint density at radius 3 is 2.54 bits per heavy atom. The highest BCUT2D eigenvalue weighted by Gasteiger charge is 2.28. The van der Waals surface area contributed by atoms with Gasteiger partial charge in [-0.3, -0.25) is 14.5 Å². The van der Waals surface area contributed by atoms with Crippen LogP contribution in [0.25, 0.3) is 0 Å². The molecular weight excluding hydrogens is 326 g/mol. The van der Waals surface area contributed by atoms with Gasteiger partial charge in [0, 0.05) is 19.2 Å². The number of thiophene rings is 1. The van der Waals surface area contributed by atoms with Crippen LogP contribution in [-0.4, -0.2) is 41.2 Å². The summed E-state index contributed by atoms with van der Waals surface area (Å²) in [6.45, 7) is 0.819. The van der Waals surface area contributed by atoms with Crippen LogP contribution in [0.15, 0.2) is 41.1 Å². The molecule has 124 valence electrons. The molecule has 4 amide bonds. The zero-order valence-corrected chi connectivity index (χ0v) is 14.0. The Labute approximate surface area is 143 Å². The first kappa shape index (κ1) is 16.2. The third kappa shape index (κ3) is 3.46. The molecule has 0 saturated carbocycles. The molecule has 0 radical (unpaired) electrons. The number of hydrogen-bond donors (Lipinski definition) is 1. The first-order valence-corrected chi connectivity index (χ1v) is 8.42. The van der Waals surface area contributed by atoms with Crippen LogP contribution in [0.1, 0.15) is 21.5 Å². The van der Waals surface area contributed by atoms with Crippen molar-refractivity contribution in [3.8, 4) is 0 Å². The smallest absolute Gasteiger partial charge is 0.324 e. The van der Waals surface area contributed by atoms with Crippen molar-refractivity contribution in [3.05, 3.63) is 57.8 Å². The van der Waals surface area contributed by atoms with Crippen molar-refractivity contribution >= 4 is 29.2 Å². The Morgan fingerprint density at radius 2 is 1.96 bits per heavy atom. The molecule has 0 unspecified atom stereocenters. The lowest BCUT2D eigenvalue weighted by Gasteiger charge is -2.17. The average Bonchev–Trinajstić information content (AvgIpc) is 3.20. The van der Waals surface area contributed by atoms with Gasteiger partial charge in [-0.25, -0.2) is 4.79 Å². The molecule has 2 heterocycles. The van der Waals surface area contributed by atoms with Crippen molar-refractivity contribution in [2.45, 2.75) is 13.1 Å². The lowest BCUT2D eigenvalue weighted by Crippen LogP contribution is -2.30. The summed E-state index contributed by atoms with van der Waals surface area (Å²) in [6.07, 6.45) is 0. The maximum atomic E-state index is 12.4. The Balaban J connectivity index is 1.64. The first-order chi connectivity index (χ1) is 11.5. The fourth-order valence-corrected chi connectivity index (χ4v) is 3.16. The number of carbonyl (C=O) groups is 3. The van der Waals surface area contributed by atoms with Crippen LogP contribution >= 0.6 is 11.3 Å². The molecule has 7 heteroatoms. The summed E-state index contributed by atoms with van der Waals surface area (Å²) in [7, 11) is 1.77. The molecule has 1 aromatic carbocycles. The van der Waals surface area contributed by atoms with E-state index in [0.717, 1.165) is 11.1 Å². The van der Waals surface area contributed by atoms with Gasteiger partial charge in [0.2, 0.25) is 5.91 Å². The number of urea groups is 1. The van der Waals surface area contributed by atoms with Crippen molar-refractivity contribution in [2.75, 3.05) is 13.6 Å². The van der Waals surface area contributed by atoms with Crippen molar-refractivity contribution in [1.29, 1.82) is 0 Å². The Kier molecular flexibility index (Phi) is 4.61. The number of nitrogens with one attached hydrogen (secondary N) is 1. The lowest BCUT2D eigenvalue weighted by molar-refractivity contribution is -0.125. The number of hydrogen-bond acceptors (Lipinski definition) is 4. The Morgan fingerprint density at radius 1 is 1.21 bits per heavy atom. The fraction of sp³-hybridized carbons (Fsp3) is 0.235. The van der Waals surface area contributed by atoms with E-state index >= 15 is 0 Å². The zero-order chi connectivity index (χ0) is 17.1. The molecule has 1 aromatic heterocycles. The van der Waals surface area contributed by atoms with Crippen LogP contribution in [0.4, 0.5) is 4.79 Å². The minimum atomic E-state index is -0.379. The molecule has 0 aliphatic carbocycles. The van der Waals surface area contributed by atoms with Gasteiger partial charge in [-0.1, -0.05) is 12.1 Å². The Hall–Kier alpha value is -2.67. The third-order valence-electron chi connectivity index (χ3n) is 3.83. The summed E-state index contributed by atoms with van der Waals surface area (Å²) in [6, 6.07) is 8.60. The van der Waals surface area contributed by atoms with Crippen LogP contribution < -0.4 is 5.32 Å². The number of amides is 4. The summed E-state index contributed by atoms with van der Waals surface area (Å²) < 4.78 is 0. The van der Waals surface area contributed by atoms with E-state index in [1.54, 1.807) is 47.5 Å². The van der Waals surface area contributed by atoms with Gasteiger partial charge in [-0.15, -0.1) is 0 Å². The molecule has 0 bridgehead atoms. The predicted octanol–water partition coefficient (Wildman–Crippen LogP) is 2.07. The van der Waals surface area contributed by atoms with E-state index in [-0.39, 0.29) is 30.9 Å². The first-order valence-electron chi connectivity index (χ1n) is 7.48. The second kappa shape index (κ2) is 6.84. The molecule has 1 saturated heterocycles. The van der Waals surface area contributed by atoms with Gasteiger partial charge < -0.3 is 10.2 Å². The van der Waals surface area contributed by atoms with Crippen molar-refractivity contribution < 1.29 is 14.4 Å². The van der Waals surface area contributed by atoms with Crippen LogP contribution in [-0.2, 0) is 17.9 Å². The van der Waals surface area contributed by atoms with Gasteiger partial charge in [0.15, 0.2) is 0 Å². The predicted molar refractivity (Wildman–Crippen MR) is 90.5 cm³/mol. The third-order valence-corrected chi connectivity index (χ3v) is 4.56. The van der Waals surface area contributed by atoms with E-state index in [1.807, 2.05) is 16.8 Å². The van der Waals surface area contributed by atoms with Gasteiger partial charge in [0.25, 0.3) is 5.91 Å². The van der Waals surface area contributed by atoms with E-state index in [9.17, 15) is 14.4 Å². The number of nitrogens with zero attached hydrogens (tertiary/aromatic N) is 2. The molecule has 1 aliphatic heterocycles. The van der Waals surface area contributed by atoms with Gasteiger partial charge in [-0.2, -0.15) is 11.3 Å². The second-order valence-electron chi connectivity index (χ2n) is 5.63. The largest absolute Gasteiger partial charge is 0.337 e. The maximum absolute atomic E-state index is 12.4. The van der Waals surface area contributed by atoms with E-state index in [4.69, 9.17) is 0 Å². The van der Waals surface area contributed by atoms with Crippen LogP contribution in [0.2, 0.25) is 0 Å². The summed E-state index contributed by atoms with van der Waals surface area (Å²) in [5.74, 6) is -0.307. The highest BCUT2D eigenvalue weighted by molar-refractivity contribution is 7.07. The van der Waals surface area contributed by atoms with Crippen LogP contribution in [0.3, 0.4) is 0 Å². The summed E-state index contributed by atoms with van der Waals surface area (Å²) in [4.78, 5) is 38.4. The van der Waals surface area contributed by atoms with Crippen LogP contribution in [0.5, 0.6) is 0 Å². The highest BCUT2D eigenvalue weighted by Crippen LogP contribution is 2.14. The number of benzene rings is 1. The van der Waals surface area contributed by atoms with Crippen molar-refractivity contribution in [3.63, 3.8) is 0 Å². The van der Waals surface area contributed by atoms with Crippen molar-refractivity contribution in [2.24, 2.45) is 0 Å². The van der Waals surface area contributed by atoms with Gasteiger partial charge in [0.1, 0.15) is 0 Å². The van der Waals surface area contributed by atoms with E-state index in [1.165, 1.54) is 4.90 Å². The summed E-state index contributed by atoms with van der Waals surface area (Å²) >= 11 is 1.60. The maximum Gasteiger partial charge on any atom is 0.324 e. The van der Waals surface area contributed by atoms with E-state index in [2.05, 4.69) is 5.32 Å². The molecule has 3 rings (SSSR count). The summed E-state index contributed by atoms with van der Waals surface area (Å²) in [5, 5.41) is 6.49. The molecule has 0 spiro atoms. The quantitative estimate of drug-likeness (QED) is 0.845. The van der Waals surface area contributed by atoms with Gasteiger partial charge >= 0.3 is 6.03 Å². The highest BCUT2D eigenvalue weighted by atomic mass is 32.1. The second-order valence-corrected chi connectivity index (χ2v) is 6.41. The number of carbonyl (C=O) groups excluding carboxylic acids is 3. The molecule has 2 aromatic rings. The number of rotatable bonds is 5. The normalized spacial score (nSPS) is 14.0.